The Bertz CT molecular complexity index is 3930. The molecule has 4 aliphatic heterocycles. The van der Waals surface area contributed by atoms with Gasteiger partial charge in [-0.2, -0.15) is 5.26 Å². The Labute approximate surface area is 521 Å². The zero-order valence-electron chi connectivity index (χ0n) is 46.0. The summed E-state index contributed by atoms with van der Waals surface area (Å²) in [4.78, 5) is 107. The maximum atomic E-state index is 12.5. The van der Waals surface area contributed by atoms with Crippen LogP contribution in [0.5, 0.6) is 0 Å². The van der Waals surface area contributed by atoms with Crippen LogP contribution in [0.3, 0.4) is 0 Å². The van der Waals surface area contributed by atoms with E-state index in [9.17, 15) is 28.8 Å². The van der Waals surface area contributed by atoms with Crippen LogP contribution in [-0.2, 0) is 92.2 Å². The number of amides is 4. The van der Waals surface area contributed by atoms with Gasteiger partial charge in [0.15, 0.2) is 5.78 Å². The third kappa shape index (κ3) is 10.2. The van der Waals surface area contributed by atoms with Gasteiger partial charge in [-0.3, -0.25) is 43.9 Å². The number of nitrogens with two attached hydrogens (primary N) is 1. The molecule has 0 radical (unpaired) electrons. The minimum Gasteiger partial charge on any atom is -0.870 e. The van der Waals surface area contributed by atoms with Gasteiger partial charge < -0.3 is 37.6 Å². The summed E-state index contributed by atoms with van der Waals surface area (Å²) < 4.78 is 1.11. The Balaban J connectivity index is 0.000000123. The number of carbonyl (C=O) groups is 6. The third-order valence-electron chi connectivity index (χ3n) is 16.7. The Hall–Kier alpha value is -8.80. The van der Waals surface area contributed by atoms with E-state index in [1.807, 2.05) is 60.8 Å². The number of nitrogens with one attached hydrogen (secondary N) is 4. The molecule has 4 spiro atoms. The van der Waals surface area contributed by atoms with E-state index in [0.717, 1.165) is 71.7 Å². The predicted octanol–water partition coefficient (Wildman–Crippen LogP) is 3.31. The molecule has 8 aromatic heterocycles. The molecule has 0 unspecified atom stereocenters. The first kappa shape index (κ1) is 59.4. The number of nitrogen functional groups attached to an aromatic ring is 1. The molecule has 8 N–H and O–H groups in total. The van der Waals surface area contributed by atoms with Crippen LogP contribution in [0, 0.1) is 14.9 Å². The number of Topliss-reactive ketones (excluding diaryl/α,β-unsaturated/α-hetero) is 1. The molecule has 24 heteroatoms. The van der Waals surface area contributed by atoms with Crippen LogP contribution in [-0.4, -0.2) is 85.8 Å². The van der Waals surface area contributed by atoms with Crippen LogP contribution in [0.15, 0.2) is 122 Å². The van der Waals surface area contributed by atoms with Gasteiger partial charge in [-0.25, -0.2) is 24.7 Å². The van der Waals surface area contributed by atoms with Crippen molar-refractivity contribution in [2.45, 2.75) is 86.9 Å². The molecule has 0 saturated carbocycles. The van der Waals surface area contributed by atoms with Gasteiger partial charge >= 0.3 is 35.5 Å². The number of hydrogen-bond acceptors (Lipinski definition) is 17. The molecule has 8 aromatic rings. The molecule has 420 valence electrons. The number of aromatic nitrogens is 8. The molecule has 85 heavy (non-hydrogen) atoms. The fourth-order valence-electron chi connectivity index (χ4n) is 12.8. The van der Waals surface area contributed by atoms with Crippen LogP contribution in [0.1, 0.15) is 102 Å². The Kier molecular flexibility index (Phi) is 16.1. The van der Waals surface area contributed by atoms with E-state index in [0.29, 0.717) is 79.5 Å². The van der Waals surface area contributed by atoms with Crippen molar-refractivity contribution < 1.29 is 68.9 Å². The number of pyridine rings is 8. The number of aromatic carboxylic acids is 1. The fraction of sp³-hybridized carbons (Fsp3) is 0.230. The maximum Gasteiger partial charge on any atom is 1.00 e. The summed E-state index contributed by atoms with van der Waals surface area (Å²) in [6.07, 6.45) is 17.9. The van der Waals surface area contributed by atoms with E-state index in [4.69, 9.17) is 16.1 Å². The summed E-state index contributed by atoms with van der Waals surface area (Å²) in [6, 6.07) is 24.5. The molecule has 16 rings (SSSR count). The quantitative estimate of drug-likeness (QED) is 0.0821. The molecule has 0 bridgehead atoms. The van der Waals surface area contributed by atoms with Crippen molar-refractivity contribution >= 4 is 86.9 Å². The number of carbonyl (C=O) groups excluding carboxylic acids is 5. The number of nitrogens with zero attached hydrogens (tertiary/aromatic N) is 9. The monoisotopic (exact) mass is 1260 g/mol. The van der Waals surface area contributed by atoms with Gasteiger partial charge in [0.1, 0.15) is 23.3 Å². The largest absolute Gasteiger partial charge is 1.00 e. The first-order valence-electron chi connectivity index (χ1n) is 26.4. The van der Waals surface area contributed by atoms with E-state index >= 15 is 0 Å². The van der Waals surface area contributed by atoms with Crippen LogP contribution < -0.4 is 56.6 Å². The second-order valence-corrected chi connectivity index (χ2v) is 22.8. The van der Waals surface area contributed by atoms with Crippen molar-refractivity contribution in [2.24, 2.45) is 0 Å². The molecule has 0 aromatic carbocycles. The molecule has 22 nitrogen and oxygen atoms in total. The number of hydrogen-bond donors (Lipinski definition) is 6. The van der Waals surface area contributed by atoms with Crippen molar-refractivity contribution in [1.29, 1.82) is 5.26 Å². The van der Waals surface area contributed by atoms with Gasteiger partial charge in [-0.05, 0) is 126 Å². The first-order valence-corrected chi connectivity index (χ1v) is 27.5. The second-order valence-electron chi connectivity index (χ2n) is 21.5. The normalized spacial score (nSPS) is 21.4. The average Bonchev–Trinajstić information content (AvgIpc) is 1.89. The molecular weight excluding hydrogens is 1210 g/mol. The van der Waals surface area contributed by atoms with Crippen LogP contribution in [0.25, 0.3) is 0 Å². The zero-order chi connectivity index (χ0) is 58.0. The first-order chi connectivity index (χ1) is 40.0. The third-order valence-corrected chi connectivity index (χ3v) is 17.3. The van der Waals surface area contributed by atoms with Crippen LogP contribution in [0.2, 0.25) is 0 Å². The van der Waals surface area contributed by atoms with Crippen molar-refractivity contribution in [3.05, 3.63) is 204 Å². The number of anilines is 5. The molecule has 4 atom stereocenters. The topological polar surface area (TPSA) is 354 Å². The summed E-state index contributed by atoms with van der Waals surface area (Å²) in [5.74, 6) is 1.53. The SMILES string of the molecule is CC#N.CC(=O)c1cnc2c(c1)C[C@@]1(C2)C(=O)Nc2ncccc21.Nc1cnc2c(c1)C[C@@]1(C2)C(=O)Nc2ncccc21.O=C(O)c1cnc2c(c1)C[C@@]1(C2)C(=O)Nc2ncccc21.O=C1Nc2ncccc2[C@@]12Cc1cc(I)cnc1C2.[Na+].[OH-]. The molecule has 12 heterocycles. The van der Waals surface area contributed by atoms with Gasteiger partial charge in [-0.15, -0.1) is 0 Å². The van der Waals surface area contributed by atoms with Gasteiger partial charge in [0.05, 0.1) is 45.2 Å². The van der Waals surface area contributed by atoms with Crippen LogP contribution in [0.4, 0.5) is 29.0 Å². The number of halogens is 1. The molecule has 0 saturated heterocycles. The van der Waals surface area contributed by atoms with E-state index in [-0.39, 0.29) is 70.0 Å². The van der Waals surface area contributed by atoms with Crippen molar-refractivity contribution in [3.63, 3.8) is 0 Å². The van der Waals surface area contributed by atoms with Gasteiger partial charge in [-0.1, -0.05) is 24.3 Å². The predicted molar refractivity (Wildman–Crippen MR) is 312 cm³/mol. The number of nitriles is 1. The number of rotatable bonds is 2. The van der Waals surface area contributed by atoms with Crippen molar-refractivity contribution in [2.75, 3.05) is 27.0 Å². The van der Waals surface area contributed by atoms with E-state index in [1.165, 1.54) is 25.6 Å². The number of ketones is 1. The Morgan fingerprint density at radius 3 is 1.18 bits per heavy atom. The molecular formula is C61H50IN14NaO8. The summed E-state index contributed by atoms with van der Waals surface area (Å²) >= 11 is 2.25. The smallest absolute Gasteiger partial charge is 0.870 e. The van der Waals surface area contributed by atoms with Crippen molar-refractivity contribution in [1.82, 2.24) is 39.9 Å². The minimum atomic E-state index is -1.01. The van der Waals surface area contributed by atoms with Gasteiger partial charge in [0.2, 0.25) is 23.6 Å². The summed E-state index contributed by atoms with van der Waals surface area (Å²) in [7, 11) is 0. The summed E-state index contributed by atoms with van der Waals surface area (Å²) in [6.45, 7) is 2.95. The summed E-state index contributed by atoms with van der Waals surface area (Å²) in [5, 5.41) is 27.8. The van der Waals surface area contributed by atoms with Gasteiger partial charge in [0, 0.05) is 130 Å². The molecule has 4 aliphatic carbocycles. The fourth-order valence-corrected chi connectivity index (χ4v) is 13.3. The van der Waals surface area contributed by atoms with Crippen molar-refractivity contribution in [3.8, 4) is 6.07 Å². The number of fused-ring (bicyclic) bond motifs is 12. The van der Waals surface area contributed by atoms with E-state index < -0.39 is 27.6 Å². The number of carboxylic acid groups (broad SMARTS) is 1. The average molecular weight is 1260 g/mol. The Morgan fingerprint density at radius 1 is 0.518 bits per heavy atom. The summed E-state index contributed by atoms with van der Waals surface area (Å²) in [5.41, 5.74) is 16.3. The molecule has 4 amide bonds. The maximum absolute atomic E-state index is 12.5. The minimum absolute atomic E-state index is 0. The number of carboxylic acids is 1. The second kappa shape index (κ2) is 23.0. The zero-order valence-corrected chi connectivity index (χ0v) is 50.2. The molecule has 0 fully saturated rings. The van der Waals surface area contributed by atoms with E-state index in [1.54, 1.807) is 55.4 Å². The standard InChI is InChI=1S/C16H13N3O2.C15H11N3O3.C14H10IN3O.C14H12N4O.C2H3N.Na.H2O/c1-9(20)11-5-10-6-16(7-13(10)18-8-11)12-3-2-4-17-14(12)19-15(16)21;19-13(20)9-4-8-5-15(6-11(8)17-7-9)10-2-1-3-16-12(10)18-14(15)21;2*15-9-4-8-5-14(6-11(8)17-7-9)10-2-1-3-16-12(10)18-13(14)19;1-2-3;;/h2-5,8H,6-7H2,1H3,(H,17,19,21);1-4,7H,5-6H2,(H,19,20)(H,16,18,21);1-4,7H,5-6H2,(H,16,18,19);1-4,7H,5-6,15H2,(H,16,18,19);1H3;;1H2/q;;;;;+1;/p-1/t16-;15-;2*14-;;;/m0000.../s1. The van der Waals surface area contributed by atoms with Gasteiger partial charge in [0.25, 0.3) is 0 Å². The Morgan fingerprint density at radius 2 is 0.824 bits per heavy atom. The van der Waals surface area contributed by atoms with E-state index in [2.05, 4.69) is 89.8 Å². The van der Waals surface area contributed by atoms with Crippen LogP contribution >= 0.6 is 22.6 Å². The molecule has 8 aliphatic rings.